The van der Waals surface area contributed by atoms with E-state index < -0.39 is 0 Å². The van der Waals surface area contributed by atoms with Crippen LogP contribution in [0.25, 0.3) is 21.1 Å². The maximum absolute atomic E-state index is 11.9. The van der Waals surface area contributed by atoms with Crippen LogP contribution in [0.2, 0.25) is 0 Å². The smallest absolute Gasteiger partial charge is 0.228 e. The number of rotatable bonds is 2. The number of aromatic nitrogens is 1. The maximum atomic E-state index is 11.9. The Bertz CT molecular complexity index is 611. The van der Waals surface area contributed by atoms with Gasteiger partial charge in [-0.15, -0.1) is 22.7 Å². The van der Waals surface area contributed by atoms with Gasteiger partial charge in [0.15, 0.2) is 0 Å². The first-order valence-electron chi connectivity index (χ1n) is 5.58. The van der Waals surface area contributed by atoms with E-state index >= 15 is 0 Å². The lowest BCUT2D eigenvalue weighted by Gasteiger charge is -2.07. The van der Waals surface area contributed by atoms with Crippen molar-refractivity contribution in [1.29, 1.82) is 0 Å². The van der Waals surface area contributed by atoms with E-state index in [1.165, 1.54) is 0 Å². The van der Waals surface area contributed by atoms with Crippen molar-refractivity contribution in [1.82, 2.24) is 4.57 Å². The lowest BCUT2D eigenvalue weighted by molar-refractivity contribution is 0.0941. The normalized spacial score (nSPS) is 10.7. The van der Waals surface area contributed by atoms with Crippen LogP contribution >= 0.6 is 22.7 Å². The Labute approximate surface area is 113 Å². The van der Waals surface area contributed by atoms with E-state index in [4.69, 9.17) is 0 Å². The van der Waals surface area contributed by atoms with Crippen LogP contribution in [0.15, 0.2) is 47.2 Å². The summed E-state index contributed by atoms with van der Waals surface area (Å²) in [5.74, 6) is 0.0480. The first-order valence-corrected chi connectivity index (χ1v) is 7.34. The van der Waals surface area contributed by atoms with Crippen LogP contribution in [0.4, 0.5) is 0 Å². The average molecular weight is 273 g/mol. The monoisotopic (exact) mass is 273 g/mol. The van der Waals surface area contributed by atoms with Gasteiger partial charge in [-0.1, -0.05) is 12.1 Å². The van der Waals surface area contributed by atoms with Crippen LogP contribution < -0.4 is 0 Å². The summed E-state index contributed by atoms with van der Waals surface area (Å²) >= 11 is 3.30. The number of carbonyl (C=O) groups excluding carboxylic acids is 1. The van der Waals surface area contributed by atoms with E-state index in [2.05, 4.69) is 0 Å². The van der Waals surface area contributed by atoms with Gasteiger partial charge in [0.25, 0.3) is 0 Å². The van der Waals surface area contributed by atoms with E-state index in [1.54, 1.807) is 34.2 Å². The van der Waals surface area contributed by atoms with Crippen molar-refractivity contribution >= 4 is 28.6 Å². The van der Waals surface area contributed by atoms with Gasteiger partial charge in [-0.05, 0) is 35.0 Å². The fourth-order valence-electron chi connectivity index (χ4n) is 2.01. The SMILES string of the molecule is CC(=O)n1c(-c2cccs2)ccc1-c1cccs1. The minimum absolute atomic E-state index is 0.0480. The highest BCUT2D eigenvalue weighted by atomic mass is 32.1. The molecule has 0 fully saturated rings. The molecule has 0 saturated heterocycles. The lowest BCUT2D eigenvalue weighted by atomic mass is 10.3. The molecule has 0 atom stereocenters. The Morgan fingerprint density at radius 3 is 1.78 bits per heavy atom. The van der Waals surface area contributed by atoms with Gasteiger partial charge in [-0.25, -0.2) is 0 Å². The molecule has 90 valence electrons. The van der Waals surface area contributed by atoms with Crippen molar-refractivity contribution in [2.45, 2.75) is 6.92 Å². The Hall–Kier alpha value is -1.65. The van der Waals surface area contributed by atoms with Gasteiger partial charge in [-0.2, -0.15) is 0 Å². The van der Waals surface area contributed by atoms with Crippen molar-refractivity contribution < 1.29 is 4.79 Å². The number of hydrogen-bond acceptors (Lipinski definition) is 3. The summed E-state index contributed by atoms with van der Waals surface area (Å²) in [5.41, 5.74) is 1.95. The Morgan fingerprint density at radius 1 is 0.944 bits per heavy atom. The molecule has 0 N–H and O–H groups in total. The van der Waals surface area contributed by atoms with E-state index in [1.807, 2.05) is 47.2 Å². The first-order chi connectivity index (χ1) is 8.77. The number of hydrogen-bond donors (Lipinski definition) is 0. The zero-order valence-corrected chi connectivity index (χ0v) is 11.4. The summed E-state index contributed by atoms with van der Waals surface area (Å²) in [4.78, 5) is 14.1. The minimum Gasteiger partial charge on any atom is -0.278 e. The molecule has 3 aromatic rings. The topological polar surface area (TPSA) is 22.0 Å². The molecule has 0 aliphatic carbocycles. The molecule has 0 amide bonds. The second-order valence-electron chi connectivity index (χ2n) is 3.91. The summed E-state index contributed by atoms with van der Waals surface area (Å²) < 4.78 is 1.79. The van der Waals surface area contributed by atoms with Crippen LogP contribution in [-0.2, 0) is 0 Å². The van der Waals surface area contributed by atoms with Crippen molar-refractivity contribution in [2.24, 2.45) is 0 Å². The molecule has 0 radical (unpaired) electrons. The third kappa shape index (κ3) is 1.83. The molecule has 3 aromatic heterocycles. The molecule has 18 heavy (non-hydrogen) atoms. The zero-order chi connectivity index (χ0) is 12.5. The molecule has 0 aliphatic heterocycles. The van der Waals surface area contributed by atoms with Crippen molar-refractivity contribution in [3.05, 3.63) is 47.2 Å². The molecule has 0 unspecified atom stereocenters. The molecule has 3 rings (SSSR count). The molecule has 0 saturated carbocycles. The number of nitrogens with zero attached hydrogens (tertiary/aromatic N) is 1. The molecule has 0 aromatic carbocycles. The third-order valence-electron chi connectivity index (χ3n) is 2.74. The lowest BCUT2D eigenvalue weighted by Crippen LogP contribution is -2.07. The predicted molar refractivity (Wildman–Crippen MR) is 77.4 cm³/mol. The molecule has 0 bridgehead atoms. The summed E-state index contributed by atoms with van der Waals surface area (Å²) in [7, 11) is 0. The molecular formula is C14H11NOS2. The molecule has 0 spiro atoms. The highest BCUT2D eigenvalue weighted by molar-refractivity contribution is 7.14. The van der Waals surface area contributed by atoms with Crippen LogP contribution in [0, 0.1) is 0 Å². The summed E-state index contributed by atoms with van der Waals surface area (Å²) in [5, 5.41) is 4.05. The van der Waals surface area contributed by atoms with Crippen molar-refractivity contribution in [3.63, 3.8) is 0 Å². The van der Waals surface area contributed by atoms with Crippen LogP contribution in [0.5, 0.6) is 0 Å². The Kier molecular flexibility index (Phi) is 2.89. The van der Waals surface area contributed by atoms with Gasteiger partial charge in [0.2, 0.25) is 5.91 Å². The van der Waals surface area contributed by atoms with Crippen molar-refractivity contribution in [2.75, 3.05) is 0 Å². The molecular weight excluding hydrogens is 262 g/mol. The fourth-order valence-corrected chi connectivity index (χ4v) is 3.49. The van der Waals surface area contributed by atoms with E-state index in [0.717, 1.165) is 21.1 Å². The van der Waals surface area contributed by atoms with Crippen LogP contribution in [-0.4, -0.2) is 10.5 Å². The van der Waals surface area contributed by atoms with Gasteiger partial charge >= 0.3 is 0 Å². The molecule has 3 heterocycles. The highest BCUT2D eigenvalue weighted by Crippen LogP contribution is 2.33. The standard InChI is InChI=1S/C14H11NOS2/c1-10(16)15-11(13-4-2-8-17-13)6-7-12(15)14-5-3-9-18-14/h2-9H,1H3. The Balaban J connectivity index is 2.21. The van der Waals surface area contributed by atoms with Crippen LogP contribution in [0.1, 0.15) is 11.7 Å². The van der Waals surface area contributed by atoms with Crippen molar-refractivity contribution in [3.8, 4) is 21.1 Å². The maximum Gasteiger partial charge on any atom is 0.228 e. The average Bonchev–Trinajstić information content (AvgIpc) is 3.10. The largest absolute Gasteiger partial charge is 0.278 e. The van der Waals surface area contributed by atoms with E-state index in [9.17, 15) is 4.79 Å². The van der Waals surface area contributed by atoms with Gasteiger partial charge in [0.1, 0.15) is 0 Å². The summed E-state index contributed by atoms with van der Waals surface area (Å²) in [6.45, 7) is 1.61. The van der Waals surface area contributed by atoms with Crippen LogP contribution in [0.3, 0.4) is 0 Å². The second kappa shape index (κ2) is 4.55. The van der Waals surface area contributed by atoms with E-state index in [0.29, 0.717) is 0 Å². The Morgan fingerprint density at radius 2 is 1.44 bits per heavy atom. The third-order valence-corrected chi connectivity index (χ3v) is 4.53. The van der Waals surface area contributed by atoms with Gasteiger partial charge in [-0.3, -0.25) is 9.36 Å². The zero-order valence-electron chi connectivity index (χ0n) is 9.79. The van der Waals surface area contributed by atoms with Gasteiger partial charge in [0, 0.05) is 6.92 Å². The van der Waals surface area contributed by atoms with Gasteiger partial charge in [0.05, 0.1) is 21.1 Å². The van der Waals surface area contributed by atoms with E-state index in [-0.39, 0.29) is 5.91 Å². The molecule has 4 heteroatoms. The highest BCUT2D eigenvalue weighted by Gasteiger charge is 2.15. The molecule has 2 nitrogen and oxygen atoms in total. The number of carbonyl (C=O) groups is 1. The summed E-state index contributed by atoms with van der Waals surface area (Å²) in [6, 6.07) is 12.1. The molecule has 0 aliphatic rings. The quantitative estimate of drug-likeness (QED) is 0.668. The first kappa shape index (κ1) is 11.4. The minimum atomic E-state index is 0.0480. The summed E-state index contributed by atoms with van der Waals surface area (Å²) in [6.07, 6.45) is 0. The predicted octanol–water partition coefficient (Wildman–Crippen LogP) is 4.61. The van der Waals surface area contributed by atoms with Gasteiger partial charge < -0.3 is 0 Å². The second-order valence-corrected chi connectivity index (χ2v) is 5.81. The fraction of sp³-hybridized carbons (Fsp3) is 0.0714. The number of thiophene rings is 2.